The lowest BCUT2D eigenvalue weighted by molar-refractivity contribution is -0.484. The Bertz CT molecular complexity index is 1200. The fourth-order valence-electron chi connectivity index (χ4n) is 3.07. The van der Waals surface area contributed by atoms with Gasteiger partial charge in [-0.3, -0.25) is 4.98 Å². The van der Waals surface area contributed by atoms with E-state index in [0.29, 0.717) is 12.2 Å². The van der Waals surface area contributed by atoms with Crippen molar-refractivity contribution in [1.29, 1.82) is 0 Å². The summed E-state index contributed by atoms with van der Waals surface area (Å²) in [5, 5.41) is 12.7. The maximum absolute atomic E-state index is 14.6. The van der Waals surface area contributed by atoms with Crippen molar-refractivity contribution in [2.24, 2.45) is 0 Å². The van der Waals surface area contributed by atoms with Crippen LogP contribution in [-0.4, -0.2) is 16.1 Å². The molecule has 0 bridgehead atoms. The van der Waals surface area contributed by atoms with E-state index in [2.05, 4.69) is 38.2 Å². The van der Waals surface area contributed by atoms with Crippen LogP contribution in [0.1, 0.15) is 5.56 Å². The van der Waals surface area contributed by atoms with Gasteiger partial charge in [-0.1, -0.05) is 54.6 Å². The molecule has 4 N–H and O–H groups in total. The first-order valence-corrected chi connectivity index (χ1v) is 10.8. The van der Waals surface area contributed by atoms with E-state index in [9.17, 15) is 9.50 Å². The maximum atomic E-state index is 14.6. The summed E-state index contributed by atoms with van der Waals surface area (Å²) in [4.78, 5) is 7.84. The second kappa shape index (κ2) is 10.5. The molecule has 0 amide bonds. The molecule has 7 heteroatoms. The number of aromatic nitrogens is 1. The highest BCUT2D eigenvalue weighted by Crippen LogP contribution is 2.32. The molecule has 4 rings (SSSR count). The molecule has 0 atom stereocenters. The number of anilines is 2. The molecule has 160 valence electrons. The number of aliphatic hydroxyl groups excluding tert-OH is 1. The molecule has 0 unspecified atom stereocenters. The standard InChI is InChI=1S/C25H21FN4OS/c26-22-15-20(12-13-23(22)29-25(31)28-17-18-7-6-14-27-16-18)30-32-24-11-5-4-10-21(24)19-8-2-1-3-9-19/h1-16,30H,17H2,(H2,28,29,31)/p+1. The van der Waals surface area contributed by atoms with Gasteiger partial charge in [-0.25, -0.2) is 14.7 Å². The van der Waals surface area contributed by atoms with Gasteiger partial charge >= 0.3 is 6.02 Å². The minimum absolute atomic E-state index is 0.168. The van der Waals surface area contributed by atoms with Crippen molar-refractivity contribution >= 4 is 29.3 Å². The number of halogens is 1. The molecule has 0 aliphatic rings. The smallest absolute Gasteiger partial charge is 0.444 e. The van der Waals surface area contributed by atoms with Crippen LogP contribution in [0.4, 0.5) is 15.8 Å². The zero-order chi connectivity index (χ0) is 22.2. The van der Waals surface area contributed by atoms with Crippen molar-refractivity contribution in [2.75, 3.05) is 10.0 Å². The van der Waals surface area contributed by atoms with E-state index in [0.717, 1.165) is 21.6 Å². The van der Waals surface area contributed by atoms with E-state index in [1.54, 1.807) is 24.5 Å². The summed E-state index contributed by atoms with van der Waals surface area (Å²) in [5.41, 5.74) is 3.90. The van der Waals surface area contributed by atoms with Crippen LogP contribution in [0.3, 0.4) is 0 Å². The number of pyridine rings is 1. The highest BCUT2D eigenvalue weighted by atomic mass is 32.2. The third-order valence-corrected chi connectivity index (χ3v) is 5.57. The van der Waals surface area contributed by atoms with E-state index in [-0.39, 0.29) is 11.7 Å². The van der Waals surface area contributed by atoms with Crippen LogP contribution in [0.5, 0.6) is 0 Å². The Morgan fingerprint density at radius 3 is 2.56 bits per heavy atom. The Balaban J connectivity index is 1.40. The molecular formula is C25H22FN4OS+. The zero-order valence-corrected chi connectivity index (χ0v) is 17.9. The van der Waals surface area contributed by atoms with E-state index in [1.165, 1.54) is 18.0 Å². The van der Waals surface area contributed by atoms with Crippen molar-refractivity contribution in [1.82, 2.24) is 4.98 Å². The average molecular weight is 446 g/mol. The van der Waals surface area contributed by atoms with Gasteiger partial charge in [-0.05, 0) is 47.3 Å². The Hall–Kier alpha value is -3.84. The van der Waals surface area contributed by atoms with Gasteiger partial charge < -0.3 is 9.83 Å². The van der Waals surface area contributed by atoms with Crippen LogP contribution in [0, 0.1) is 5.82 Å². The van der Waals surface area contributed by atoms with Crippen LogP contribution < -0.4 is 15.0 Å². The summed E-state index contributed by atoms with van der Waals surface area (Å²) < 4.78 is 17.8. The number of hydrogen-bond acceptors (Lipinski definition) is 3. The van der Waals surface area contributed by atoms with Gasteiger partial charge in [0.1, 0.15) is 6.54 Å². The fraction of sp³-hybridized carbons (Fsp3) is 0.0400. The molecule has 3 aromatic carbocycles. The van der Waals surface area contributed by atoms with Gasteiger partial charge in [0, 0.05) is 34.6 Å². The molecule has 0 spiro atoms. The monoisotopic (exact) mass is 445 g/mol. The SMILES string of the molecule is OC(Nc1ccc(NSc2ccccc2-c2ccccc2)cc1F)=[NH+]Cc1cccnc1. The largest absolute Gasteiger partial charge is 0.447 e. The predicted octanol–water partition coefficient (Wildman–Crippen LogP) is 4.61. The Labute approximate surface area is 190 Å². The van der Waals surface area contributed by atoms with Gasteiger partial charge in [0.15, 0.2) is 11.5 Å². The first kappa shape index (κ1) is 21.4. The van der Waals surface area contributed by atoms with Crippen molar-refractivity contribution in [3.8, 4) is 11.1 Å². The molecule has 0 saturated carbocycles. The number of amidine groups is 1. The number of aliphatic hydroxyl groups is 1. The number of rotatable bonds is 7. The van der Waals surface area contributed by atoms with Crippen molar-refractivity contribution < 1.29 is 14.5 Å². The van der Waals surface area contributed by atoms with Gasteiger partial charge in [-0.15, -0.1) is 0 Å². The van der Waals surface area contributed by atoms with E-state index >= 15 is 0 Å². The molecular weight excluding hydrogens is 423 g/mol. The third kappa shape index (κ3) is 5.65. The molecule has 0 fully saturated rings. The van der Waals surface area contributed by atoms with Gasteiger partial charge in [0.05, 0.1) is 0 Å². The number of nitrogens with one attached hydrogen (secondary N) is 3. The summed E-state index contributed by atoms with van der Waals surface area (Å²) in [7, 11) is 0. The van der Waals surface area contributed by atoms with E-state index < -0.39 is 5.82 Å². The first-order valence-electron chi connectivity index (χ1n) is 10.0. The molecule has 4 aromatic rings. The minimum atomic E-state index is -0.485. The summed E-state index contributed by atoms with van der Waals surface area (Å²) >= 11 is 1.42. The van der Waals surface area contributed by atoms with Crippen molar-refractivity contribution in [3.05, 3.63) is 109 Å². The van der Waals surface area contributed by atoms with Crippen molar-refractivity contribution in [2.45, 2.75) is 11.4 Å². The third-order valence-electron chi connectivity index (χ3n) is 4.66. The predicted molar refractivity (Wildman–Crippen MR) is 128 cm³/mol. The second-order valence-corrected chi connectivity index (χ2v) is 7.80. The lowest BCUT2D eigenvalue weighted by Crippen LogP contribution is -2.73. The number of hydrogen-bond donors (Lipinski definition) is 4. The molecule has 32 heavy (non-hydrogen) atoms. The maximum Gasteiger partial charge on any atom is 0.444 e. The second-order valence-electron chi connectivity index (χ2n) is 6.95. The van der Waals surface area contributed by atoms with Gasteiger partial charge in [0.2, 0.25) is 0 Å². The topological polar surface area (TPSA) is 71.2 Å². The number of nitrogens with zero attached hydrogens (tertiary/aromatic N) is 1. The first-order chi connectivity index (χ1) is 15.7. The Kier molecular flexibility index (Phi) is 6.99. The lowest BCUT2D eigenvalue weighted by atomic mass is 10.1. The van der Waals surface area contributed by atoms with E-state index in [1.807, 2.05) is 48.5 Å². The molecule has 1 heterocycles. The molecule has 0 aliphatic heterocycles. The Morgan fingerprint density at radius 2 is 1.78 bits per heavy atom. The highest BCUT2D eigenvalue weighted by Gasteiger charge is 2.12. The van der Waals surface area contributed by atoms with Gasteiger partial charge in [0.25, 0.3) is 0 Å². The quantitative estimate of drug-likeness (QED) is 0.190. The van der Waals surface area contributed by atoms with Crippen LogP contribution in [0.2, 0.25) is 0 Å². The fourth-order valence-corrected chi connectivity index (χ4v) is 3.86. The van der Waals surface area contributed by atoms with Crippen LogP contribution in [0.25, 0.3) is 11.1 Å². The molecule has 5 nitrogen and oxygen atoms in total. The molecule has 0 saturated heterocycles. The molecule has 0 radical (unpaired) electrons. The highest BCUT2D eigenvalue weighted by molar-refractivity contribution is 8.00. The molecule has 0 aliphatic carbocycles. The lowest BCUT2D eigenvalue weighted by Gasteiger charge is -2.11. The van der Waals surface area contributed by atoms with Crippen LogP contribution >= 0.6 is 11.9 Å². The summed E-state index contributed by atoms with van der Waals surface area (Å²) in [6.45, 7) is 0.366. The van der Waals surface area contributed by atoms with Crippen LogP contribution in [-0.2, 0) is 6.54 Å². The normalized spacial score (nSPS) is 11.2. The Morgan fingerprint density at radius 1 is 0.969 bits per heavy atom. The van der Waals surface area contributed by atoms with E-state index in [4.69, 9.17) is 0 Å². The van der Waals surface area contributed by atoms with Crippen molar-refractivity contribution in [3.63, 3.8) is 0 Å². The number of benzene rings is 3. The van der Waals surface area contributed by atoms with Gasteiger partial charge in [-0.2, -0.15) is 0 Å². The zero-order valence-electron chi connectivity index (χ0n) is 17.1. The summed E-state index contributed by atoms with van der Waals surface area (Å²) in [6, 6.07) is 26.3. The van der Waals surface area contributed by atoms with Crippen LogP contribution in [0.15, 0.2) is 102 Å². The summed E-state index contributed by atoms with van der Waals surface area (Å²) in [5.74, 6) is -0.485. The minimum Gasteiger partial charge on any atom is -0.447 e. The molecule has 1 aromatic heterocycles. The summed E-state index contributed by atoms with van der Waals surface area (Å²) in [6.07, 6.45) is 3.36. The average Bonchev–Trinajstić information content (AvgIpc) is 2.84.